The van der Waals surface area contributed by atoms with E-state index in [9.17, 15) is 21.6 Å². The van der Waals surface area contributed by atoms with Crippen LogP contribution in [0.15, 0.2) is 41.3 Å². The fraction of sp³-hybridized carbons (Fsp3) is 0.500. The minimum atomic E-state index is -4.87. The number of likely N-dealkylation sites (tertiary alicyclic amines) is 1. The first-order valence-electron chi connectivity index (χ1n) is 12.8. The molecule has 1 aliphatic heterocycles. The summed E-state index contributed by atoms with van der Waals surface area (Å²) in [5.41, 5.74) is 6.66. The van der Waals surface area contributed by atoms with E-state index in [-0.39, 0.29) is 11.4 Å². The molecule has 1 aromatic heterocycles. The Balaban J connectivity index is 1.43. The van der Waals surface area contributed by atoms with Crippen molar-refractivity contribution in [1.29, 1.82) is 0 Å². The van der Waals surface area contributed by atoms with Crippen molar-refractivity contribution in [2.24, 2.45) is 5.73 Å². The zero-order valence-electron chi connectivity index (χ0n) is 21.1. The maximum atomic E-state index is 13.8. The first-order chi connectivity index (χ1) is 18.0. The number of hydrogen-bond acceptors (Lipinski definition) is 7. The van der Waals surface area contributed by atoms with Gasteiger partial charge in [-0.25, -0.2) is 13.5 Å². The Morgan fingerprint density at radius 1 is 0.974 bits per heavy atom. The zero-order chi connectivity index (χ0) is 27.1. The Morgan fingerprint density at radius 3 is 2.18 bits per heavy atom. The van der Waals surface area contributed by atoms with Crippen LogP contribution in [0.3, 0.4) is 0 Å². The number of nitrogens with one attached hydrogen (secondary N) is 1. The highest BCUT2D eigenvalue weighted by Gasteiger charge is 2.39. The molecule has 204 valence electrons. The Hall–Kier alpha value is -2.83. The number of rotatable bonds is 5. The van der Waals surface area contributed by atoms with Gasteiger partial charge in [0.1, 0.15) is 0 Å². The van der Waals surface area contributed by atoms with Crippen LogP contribution in [-0.4, -0.2) is 65.4 Å². The molecular weight excluding hydrogens is 517 g/mol. The summed E-state index contributed by atoms with van der Waals surface area (Å²) in [4.78, 5) is 1.74. The second-order valence-corrected chi connectivity index (χ2v) is 12.3. The Morgan fingerprint density at radius 2 is 1.63 bits per heavy atom. The van der Waals surface area contributed by atoms with E-state index in [0.29, 0.717) is 29.1 Å². The molecule has 1 saturated carbocycles. The molecule has 0 radical (unpaired) electrons. The summed E-state index contributed by atoms with van der Waals surface area (Å²) < 4.78 is 66.7. The van der Waals surface area contributed by atoms with Crippen molar-refractivity contribution in [2.75, 3.05) is 19.3 Å². The molecule has 0 bridgehead atoms. The molecule has 3 N–H and O–H groups in total. The van der Waals surface area contributed by atoms with Gasteiger partial charge in [-0.1, -0.05) is 30.3 Å². The summed E-state index contributed by atoms with van der Waals surface area (Å²) in [6.07, 6.45) is 2.45. The summed E-state index contributed by atoms with van der Waals surface area (Å²) in [5, 5.41) is 13.1. The molecule has 3 aromatic rings. The number of hydrogen-bond donors (Lipinski definition) is 2. The molecule has 1 aliphatic carbocycles. The van der Waals surface area contributed by atoms with Crippen LogP contribution in [0, 0.1) is 0 Å². The predicted octanol–water partition coefficient (Wildman–Crippen LogP) is 4.41. The summed E-state index contributed by atoms with van der Waals surface area (Å²) >= 11 is 0. The van der Waals surface area contributed by atoms with Crippen molar-refractivity contribution in [3.63, 3.8) is 0 Å². The van der Waals surface area contributed by atoms with E-state index >= 15 is 0 Å². The third-order valence-corrected chi connectivity index (χ3v) is 9.06. The van der Waals surface area contributed by atoms with Gasteiger partial charge < -0.3 is 10.6 Å². The average Bonchev–Trinajstić information content (AvgIpc) is 3.42. The smallest absolute Gasteiger partial charge is 0.328 e. The number of tetrazole rings is 1. The van der Waals surface area contributed by atoms with Gasteiger partial charge in [-0.2, -0.15) is 13.2 Å². The van der Waals surface area contributed by atoms with E-state index in [4.69, 9.17) is 5.73 Å². The van der Waals surface area contributed by atoms with E-state index in [0.717, 1.165) is 69.5 Å². The van der Waals surface area contributed by atoms with E-state index in [1.807, 2.05) is 24.3 Å². The lowest BCUT2D eigenvalue weighted by Crippen LogP contribution is -2.44. The van der Waals surface area contributed by atoms with Gasteiger partial charge >= 0.3 is 6.18 Å². The summed E-state index contributed by atoms with van der Waals surface area (Å²) in [5.74, 6) is 0.245. The van der Waals surface area contributed by atoms with Crippen molar-refractivity contribution < 1.29 is 21.6 Å². The molecule has 2 heterocycles. The Labute approximate surface area is 219 Å². The van der Waals surface area contributed by atoms with Crippen LogP contribution in [-0.2, 0) is 16.0 Å². The summed E-state index contributed by atoms with van der Waals surface area (Å²) in [7, 11) is -4.29. The molecule has 12 heteroatoms. The van der Waals surface area contributed by atoms with Gasteiger partial charge in [0.05, 0.1) is 10.5 Å². The molecule has 2 aromatic carbocycles. The lowest BCUT2D eigenvalue weighted by atomic mass is 9.85. The van der Waals surface area contributed by atoms with Gasteiger partial charge in [0.15, 0.2) is 15.7 Å². The van der Waals surface area contributed by atoms with Crippen LogP contribution < -0.4 is 5.73 Å². The van der Waals surface area contributed by atoms with Crippen LogP contribution in [0.5, 0.6) is 0 Å². The number of nitrogens with zero attached hydrogens (tertiary/aromatic N) is 4. The zero-order valence-corrected chi connectivity index (χ0v) is 21.9. The van der Waals surface area contributed by atoms with Gasteiger partial charge in [-0.3, -0.25) is 0 Å². The number of benzene rings is 2. The Kier molecular flexibility index (Phi) is 7.31. The predicted molar refractivity (Wildman–Crippen MR) is 137 cm³/mol. The lowest BCUT2D eigenvalue weighted by molar-refractivity contribution is -0.139. The third kappa shape index (κ3) is 5.48. The summed E-state index contributed by atoms with van der Waals surface area (Å²) in [6, 6.07) is 10.6. The number of sulfone groups is 1. The topological polar surface area (TPSA) is 118 Å². The van der Waals surface area contributed by atoms with Crippen LogP contribution >= 0.6 is 0 Å². The van der Waals surface area contributed by atoms with Crippen molar-refractivity contribution >= 4 is 9.84 Å². The van der Waals surface area contributed by atoms with Crippen LogP contribution in [0.1, 0.15) is 55.6 Å². The first-order valence-corrected chi connectivity index (χ1v) is 14.7. The molecule has 0 atom stereocenters. The quantitative estimate of drug-likeness (QED) is 0.485. The molecule has 5 rings (SSSR count). The molecule has 0 amide bonds. The fourth-order valence-corrected chi connectivity index (χ4v) is 7.09. The van der Waals surface area contributed by atoms with Crippen LogP contribution in [0.25, 0.3) is 22.5 Å². The van der Waals surface area contributed by atoms with Gasteiger partial charge in [-0.05, 0) is 90.7 Å². The van der Waals surface area contributed by atoms with Gasteiger partial charge in [-0.15, -0.1) is 5.10 Å². The summed E-state index contributed by atoms with van der Waals surface area (Å²) in [6.45, 7) is 2.07. The number of halogens is 3. The monoisotopic (exact) mass is 548 g/mol. The number of alkyl halides is 3. The molecule has 38 heavy (non-hydrogen) atoms. The lowest BCUT2D eigenvalue weighted by Gasteiger charge is -2.40. The first kappa shape index (κ1) is 26.8. The number of aromatic nitrogens is 4. The minimum Gasteiger partial charge on any atom is -0.328 e. The van der Waals surface area contributed by atoms with Gasteiger partial charge in [0, 0.05) is 23.9 Å². The maximum absolute atomic E-state index is 13.8. The average molecular weight is 549 g/mol. The molecule has 2 fully saturated rings. The molecule has 2 aliphatic rings. The highest BCUT2D eigenvalue weighted by molar-refractivity contribution is 7.91. The standard InChI is InChI=1S/C26H31F3N6O2S/c1-38(36,37)24-22(26(27,28)29)11-10-21(23(24)25-31-33-34-32-25)18-4-2-16(3-5-18)17-12-14-35(15-13-17)20-8-6-19(30)7-9-20/h2-5,10-11,17,19-20H,6-9,12-15,30H2,1H3,(H,31,32,33,34). The molecule has 8 nitrogen and oxygen atoms in total. The number of H-pyrrole nitrogens is 1. The van der Waals surface area contributed by atoms with E-state index in [1.54, 1.807) is 0 Å². The number of aromatic amines is 1. The van der Waals surface area contributed by atoms with E-state index < -0.39 is 26.5 Å². The molecule has 0 unspecified atom stereocenters. The number of nitrogens with two attached hydrogens (primary N) is 1. The minimum absolute atomic E-state index is 0.147. The van der Waals surface area contributed by atoms with Crippen molar-refractivity contribution in [2.45, 2.75) is 67.6 Å². The largest absolute Gasteiger partial charge is 0.417 e. The molecule has 0 spiro atoms. The molecular formula is C26H31F3N6O2S. The highest BCUT2D eigenvalue weighted by Crippen LogP contribution is 2.43. The molecule has 1 saturated heterocycles. The van der Waals surface area contributed by atoms with Gasteiger partial charge in [0.25, 0.3) is 0 Å². The second-order valence-electron chi connectivity index (χ2n) is 10.4. The normalized spacial score (nSPS) is 22.0. The highest BCUT2D eigenvalue weighted by atomic mass is 32.2. The number of piperidine rings is 1. The van der Waals surface area contributed by atoms with E-state index in [2.05, 4.69) is 25.5 Å². The maximum Gasteiger partial charge on any atom is 0.417 e. The SMILES string of the molecule is CS(=O)(=O)c1c(C(F)(F)F)ccc(-c2ccc(C3CCN(C4CCC(N)CC4)CC3)cc2)c1-c1nnn[nH]1. The Bertz CT molecular complexity index is 1360. The van der Waals surface area contributed by atoms with Crippen molar-refractivity contribution in [1.82, 2.24) is 25.5 Å². The van der Waals surface area contributed by atoms with Crippen molar-refractivity contribution in [3.8, 4) is 22.5 Å². The fourth-order valence-electron chi connectivity index (χ4n) is 5.93. The van der Waals surface area contributed by atoms with Crippen molar-refractivity contribution in [3.05, 3.63) is 47.5 Å². The van der Waals surface area contributed by atoms with E-state index in [1.165, 1.54) is 6.07 Å². The third-order valence-electron chi connectivity index (χ3n) is 7.90. The second kappa shape index (κ2) is 10.4. The van der Waals surface area contributed by atoms with Gasteiger partial charge in [0.2, 0.25) is 0 Å². The van der Waals surface area contributed by atoms with Crippen LogP contribution in [0.4, 0.5) is 13.2 Å². The van der Waals surface area contributed by atoms with Crippen LogP contribution in [0.2, 0.25) is 0 Å².